The largest absolute Gasteiger partial charge is 0.481 e. The van der Waals surface area contributed by atoms with Crippen LogP contribution in [0.15, 0.2) is 0 Å². The molecule has 3 aliphatic rings. The minimum Gasteiger partial charge on any atom is -0.481 e. The highest BCUT2D eigenvalue weighted by molar-refractivity contribution is 7.91. The Labute approximate surface area is 130 Å². The summed E-state index contributed by atoms with van der Waals surface area (Å²) in [6.45, 7) is 1.89. The van der Waals surface area contributed by atoms with Crippen LogP contribution in [-0.4, -0.2) is 54.4 Å². The monoisotopic (exact) mass is 329 g/mol. The van der Waals surface area contributed by atoms with Crippen molar-refractivity contribution < 1.29 is 23.1 Å². The van der Waals surface area contributed by atoms with Crippen molar-refractivity contribution in [3.05, 3.63) is 0 Å². The van der Waals surface area contributed by atoms with E-state index in [1.54, 1.807) is 11.8 Å². The molecule has 0 radical (unpaired) electrons. The topological polar surface area (TPSA) is 91.8 Å². The van der Waals surface area contributed by atoms with Crippen LogP contribution < -0.4 is 0 Å². The summed E-state index contributed by atoms with van der Waals surface area (Å²) in [6.07, 6.45) is 3.84. The molecule has 0 bridgehead atoms. The average molecular weight is 329 g/mol. The van der Waals surface area contributed by atoms with Gasteiger partial charge in [-0.25, -0.2) is 8.42 Å². The summed E-state index contributed by atoms with van der Waals surface area (Å²) in [4.78, 5) is 25.6. The van der Waals surface area contributed by atoms with Gasteiger partial charge in [-0.05, 0) is 37.5 Å². The number of amides is 1. The Balaban J connectivity index is 1.64. The Morgan fingerprint density at radius 1 is 1.27 bits per heavy atom. The molecule has 1 N–H and O–H groups in total. The standard InChI is InChI=1S/C15H23NO5S/c1-10(14(18)19)9-16(11-2-3-11)13(17)12-8-15(12)4-6-22(20,21)7-5-15/h10-12H,2-9H2,1H3,(H,18,19). The molecule has 3 rings (SSSR count). The summed E-state index contributed by atoms with van der Waals surface area (Å²) >= 11 is 0. The first kappa shape index (κ1) is 15.8. The second-order valence-electron chi connectivity index (χ2n) is 7.23. The molecule has 1 amide bonds. The molecule has 2 atom stereocenters. The van der Waals surface area contributed by atoms with E-state index in [1.165, 1.54) is 0 Å². The van der Waals surface area contributed by atoms with Gasteiger partial charge in [0.15, 0.2) is 0 Å². The fraction of sp³-hybridized carbons (Fsp3) is 0.867. The third kappa shape index (κ3) is 3.00. The number of carboxylic acids is 1. The lowest BCUT2D eigenvalue weighted by Gasteiger charge is -2.27. The number of carboxylic acid groups (broad SMARTS) is 1. The fourth-order valence-corrected chi connectivity index (χ4v) is 5.21. The number of nitrogens with zero attached hydrogens (tertiary/aromatic N) is 1. The van der Waals surface area contributed by atoms with Gasteiger partial charge in [0.1, 0.15) is 9.84 Å². The molecule has 0 aromatic rings. The third-order valence-corrected chi connectivity index (χ3v) is 7.12. The van der Waals surface area contributed by atoms with Gasteiger partial charge < -0.3 is 10.0 Å². The minimum absolute atomic E-state index is 0.0508. The SMILES string of the molecule is CC(CN(C(=O)C1CC12CCS(=O)(=O)CC2)C1CC1)C(=O)O. The molecule has 1 saturated heterocycles. The quantitative estimate of drug-likeness (QED) is 0.809. The number of carbonyl (C=O) groups excluding carboxylic acids is 1. The number of hydrogen-bond donors (Lipinski definition) is 1. The lowest BCUT2D eigenvalue weighted by atomic mass is 9.95. The van der Waals surface area contributed by atoms with Crippen LogP contribution in [0.3, 0.4) is 0 Å². The van der Waals surface area contributed by atoms with E-state index in [1.807, 2.05) is 0 Å². The van der Waals surface area contributed by atoms with Crippen molar-refractivity contribution in [1.29, 1.82) is 0 Å². The van der Waals surface area contributed by atoms with Crippen LogP contribution in [-0.2, 0) is 19.4 Å². The van der Waals surface area contributed by atoms with Crippen LogP contribution in [0.1, 0.15) is 39.0 Å². The Morgan fingerprint density at radius 2 is 1.86 bits per heavy atom. The van der Waals surface area contributed by atoms with E-state index >= 15 is 0 Å². The van der Waals surface area contributed by atoms with Gasteiger partial charge in [-0.2, -0.15) is 0 Å². The van der Waals surface area contributed by atoms with Crippen molar-refractivity contribution in [3.8, 4) is 0 Å². The van der Waals surface area contributed by atoms with Gasteiger partial charge in [-0.15, -0.1) is 0 Å². The average Bonchev–Trinajstić information content (AvgIpc) is 3.34. The second-order valence-corrected chi connectivity index (χ2v) is 9.54. The predicted octanol–water partition coefficient (Wildman–Crippen LogP) is 0.913. The zero-order chi connectivity index (χ0) is 16.1. The zero-order valence-electron chi connectivity index (χ0n) is 12.8. The maximum atomic E-state index is 12.8. The lowest BCUT2D eigenvalue weighted by Crippen LogP contribution is -2.41. The van der Waals surface area contributed by atoms with Gasteiger partial charge in [-0.3, -0.25) is 9.59 Å². The first-order chi connectivity index (χ1) is 10.2. The van der Waals surface area contributed by atoms with E-state index in [0.29, 0.717) is 12.8 Å². The smallest absolute Gasteiger partial charge is 0.308 e. The number of carbonyl (C=O) groups is 2. The van der Waals surface area contributed by atoms with Crippen molar-refractivity contribution in [1.82, 2.24) is 4.90 Å². The van der Waals surface area contributed by atoms with Gasteiger partial charge in [0.25, 0.3) is 0 Å². The predicted molar refractivity (Wildman–Crippen MR) is 80.0 cm³/mol. The van der Waals surface area contributed by atoms with Crippen LogP contribution in [0.5, 0.6) is 0 Å². The molecule has 3 fully saturated rings. The highest BCUT2D eigenvalue weighted by atomic mass is 32.2. The molecule has 7 heteroatoms. The van der Waals surface area contributed by atoms with Crippen molar-refractivity contribution in [3.63, 3.8) is 0 Å². The Morgan fingerprint density at radius 3 is 2.36 bits per heavy atom. The summed E-state index contributed by atoms with van der Waals surface area (Å²) < 4.78 is 23.1. The third-order valence-electron chi connectivity index (χ3n) is 5.47. The maximum Gasteiger partial charge on any atom is 0.308 e. The summed E-state index contributed by atoms with van der Waals surface area (Å²) in [6, 6.07) is 0.194. The normalized spacial score (nSPS) is 29.8. The highest BCUT2D eigenvalue weighted by Gasteiger charge is 2.61. The molecular weight excluding hydrogens is 306 g/mol. The van der Waals surface area contributed by atoms with E-state index in [4.69, 9.17) is 5.11 Å². The lowest BCUT2D eigenvalue weighted by molar-refractivity contribution is -0.143. The summed E-state index contributed by atoms with van der Waals surface area (Å²) in [5.74, 6) is -1.12. The molecule has 2 aliphatic carbocycles. The first-order valence-corrected chi connectivity index (χ1v) is 9.80. The molecule has 1 spiro atoms. The molecule has 0 aromatic carbocycles. The number of aliphatic carboxylic acids is 1. The maximum absolute atomic E-state index is 12.8. The van der Waals surface area contributed by atoms with Gasteiger partial charge in [0, 0.05) is 18.5 Å². The van der Waals surface area contributed by atoms with Gasteiger partial charge >= 0.3 is 5.97 Å². The van der Waals surface area contributed by atoms with E-state index in [2.05, 4.69) is 0 Å². The summed E-state index contributed by atoms with van der Waals surface area (Å²) in [5.41, 5.74) is -0.123. The molecule has 22 heavy (non-hydrogen) atoms. The summed E-state index contributed by atoms with van der Waals surface area (Å²) in [7, 11) is -2.92. The first-order valence-electron chi connectivity index (χ1n) is 7.98. The highest BCUT2D eigenvalue weighted by Crippen LogP contribution is 2.60. The fourth-order valence-electron chi connectivity index (χ4n) is 3.57. The molecule has 2 unspecified atom stereocenters. The zero-order valence-corrected chi connectivity index (χ0v) is 13.6. The number of sulfone groups is 1. The van der Waals surface area contributed by atoms with Crippen molar-refractivity contribution in [2.45, 2.75) is 45.1 Å². The molecule has 1 heterocycles. The molecule has 1 aliphatic heterocycles. The van der Waals surface area contributed by atoms with E-state index in [9.17, 15) is 18.0 Å². The van der Waals surface area contributed by atoms with E-state index in [0.717, 1.165) is 19.3 Å². The Bertz CT molecular complexity index is 581. The number of rotatable bonds is 5. The summed E-state index contributed by atoms with van der Waals surface area (Å²) in [5, 5.41) is 9.06. The molecule has 2 saturated carbocycles. The Hall–Kier alpha value is -1.11. The van der Waals surface area contributed by atoms with E-state index < -0.39 is 21.7 Å². The van der Waals surface area contributed by atoms with Crippen LogP contribution in [0.25, 0.3) is 0 Å². The second kappa shape index (κ2) is 5.22. The molecule has 124 valence electrons. The Kier molecular flexibility index (Phi) is 3.74. The van der Waals surface area contributed by atoms with Crippen LogP contribution >= 0.6 is 0 Å². The van der Waals surface area contributed by atoms with Crippen molar-refractivity contribution >= 4 is 21.7 Å². The molecular formula is C15H23NO5S. The number of hydrogen-bond acceptors (Lipinski definition) is 4. The molecule has 6 nitrogen and oxygen atoms in total. The minimum atomic E-state index is -2.92. The molecule has 0 aromatic heterocycles. The van der Waals surface area contributed by atoms with Crippen molar-refractivity contribution in [2.75, 3.05) is 18.1 Å². The van der Waals surface area contributed by atoms with Gasteiger partial charge in [0.05, 0.1) is 17.4 Å². The van der Waals surface area contributed by atoms with Gasteiger partial charge in [-0.1, -0.05) is 6.92 Å². The van der Waals surface area contributed by atoms with Crippen LogP contribution in [0.4, 0.5) is 0 Å². The van der Waals surface area contributed by atoms with Crippen LogP contribution in [0, 0.1) is 17.3 Å². The van der Waals surface area contributed by atoms with Gasteiger partial charge in [0.2, 0.25) is 5.91 Å². The van der Waals surface area contributed by atoms with E-state index in [-0.39, 0.29) is 41.3 Å². The van der Waals surface area contributed by atoms with Crippen molar-refractivity contribution in [2.24, 2.45) is 17.3 Å². The van der Waals surface area contributed by atoms with Crippen LogP contribution in [0.2, 0.25) is 0 Å².